The molecule has 0 aliphatic carbocycles. The number of ether oxygens (including phenoxy) is 3. The van der Waals surface area contributed by atoms with Gasteiger partial charge in [-0.1, -0.05) is 0 Å². The Bertz CT molecular complexity index is 1090. The van der Waals surface area contributed by atoms with Crippen molar-refractivity contribution in [2.45, 2.75) is 10.6 Å². The number of sulfonamides is 1. The average Bonchev–Trinajstić information content (AvgIpc) is 3.27. The molecule has 1 amide bonds. The molecule has 3 rings (SSSR count). The summed E-state index contributed by atoms with van der Waals surface area (Å²) in [6, 6.07) is 7.11. The Morgan fingerprint density at radius 2 is 1.62 bits per heavy atom. The van der Waals surface area contributed by atoms with Crippen LogP contribution in [0.25, 0.3) is 0 Å². The molecule has 10 nitrogen and oxygen atoms in total. The van der Waals surface area contributed by atoms with E-state index in [2.05, 4.69) is 14.8 Å². The Morgan fingerprint density at radius 3 is 2.19 bits per heavy atom. The number of rotatable bonds is 7. The SMILES string of the molecule is COC(=O)c1cc(NC(=O)Cc2ccc(S(=O)(=O)N3CCOCC3)s2)cc(C(=O)OC)c1. The molecular formula is C20H22N2O8S2. The van der Waals surface area contributed by atoms with Crippen LogP contribution in [0.2, 0.25) is 0 Å². The predicted molar refractivity (Wildman–Crippen MR) is 115 cm³/mol. The molecule has 1 N–H and O–H groups in total. The predicted octanol–water partition coefficient (Wildman–Crippen LogP) is 1.52. The molecular weight excluding hydrogens is 460 g/mol. The van der Waals surface area contributed by atoms with Gasteiger partial charge in [-0.3, -0.25) is 4.79 Å². The van der Waals surface area contributed by atoms with Gasteiger partial charge in [0.05, 0.1) is 45.0 Å². The Kier molecular flexibility index (Phi) is 7.61. The number of methoxy groups -OCH3 is 2. The van der Waals surface area contributed by atoms with Crippen molar-refractivity contribution < 1.29 is 37.0 Å². The van der Waals surface area contributed by atoms with Crippen molar-refractivity contribution in [2.75, 3.05) is 45.8 Å². The van der Waals surface area contributed by atoms with Gasteiger partial charge in [-0.05, 0) is 30.3 Å². The molecule has 1 saturated heterocycles. The number of hydrogen-bond donors (Lipinski definition) is 1. The molecule has 2 aromatic rings. The lowest BCUT2D eigenvalue weighted by atomic mass is 10.1. The normalized spacial score (nSPS) is 14.6. The Labute approximate surface area is 189 Å². The van der Waals surface area contributed by atoms with Crippen molar-refractivity contribution in [1.29, 1.82) is 0 Å². The largest absolute Gasteiger partial charge is 0.465 e. The summed E-state index contributed by atoms with van der Waals surface area (Å²) in [6.45, 7) is 1.26. The van der Waals surface area contributed by atoms with E-state index in [1.807, 2.05) is 0 Å². The van der Waals surface area contributed by atoms with Gasteiger partial charge in [-0.15, -0.1) is 11.3 Å². The van der Waals surface area contributed by atoms with Crippen LogP contribution in [0.15, 0.2) is 34.5 Å². The van der Waals surface area contributed by atoms with Crippen LogP contribution in [0.3, 0.4) is 0 Å². The minimum Gasteiger partial charge on any atom is -0.465 e. The summed E-state index contributed by atoms with van der Waals surface area (Å²) >= 11 is 1.02. The van der Waals surface area contributed by atoms with E-state index in [0.29, 0.717) is 18.1 Å². The fourth-order valence-corrected chi connectivity index (χ4v) is 5.96. The summed E-state index contributed by atoms with van der Waals surface area (Å²) < 4.78 is 41.5. The Morgan fingerprint density at radius 1 is 1.03 bits per heavy atom. The number of carbonyl (C=O) groups excluding carboxylic acids is 3. The second-order valence-electron chi connectivity index (χ2n) is 6.74. The van der Waals surface area contributed by atoms with Crippen LogP contribution in [0, 0.1) is 0 Å². The summed E-state index contributed by atoms with van der Waals surface area (Å²) in [7, 11) is -1.24. The maximum absolute atomic E-state index is 12.7. The molecule has 2 heterocycles. The molecule has 1 fully saturated rings. The highest BCUT2D eigenvalue weighted by molar-refractivity contribution is 7.91. The number of esters is 2. The van der Waals surface area contributed by atoms with Crippen molar-refractivity contribution in [2.24, 2.45) is 0 Å². The number of thiophene rings is 1. The zero-order valence-corrected chi connectivity index (χ0v) is 19.1. The maximum atomic E-state index is 12.7. The zero-order chi connectivity index (χ0) is 23.3. The first-order valence-electron chi connectivity index (χ1n) is 9.53. The van der Waals surface area contributed by atoms with Crippen molar-refractivity contribution in [3.63, 3.8) is 0 Å². The van der Waals surface area contributed by atoms with E-state index in [9.17, 15) is 22.8 Å². The molecule has 0 bridgehead atoms. The van der Waals surface area contributed by atoms with Crippen molar-refractivity contribution in [3.8, 4) is 0 Å². The molecule has 12 heteroatoms. The molecule has 0 saturated carbocycles. The molecule has 0 atom stereocenters. The number of benzene rings is 1. The summed E-state index contributed by atoms with van der Waals surface area (Å²) in [5.41, 5.74) is 0.345. The summed E-state index contributed by atoms with van der Waals surface area (Å²) in [6.07, 6.45) is -0.0840. The van der Waals surface area contributed by atoms with Gasteiger partial charge in [0.1, 0.15) is 4.21 Å². The van der Waals surface area contributed by atoms with Gasteiger partial charge in [-0.25, -0.2) is 18.0 Å². The van der Waals surface area contributed by atoms with Gasteiger partial charge in [0.15, 0.2) is 0 Å². The average molecular weight is 483 g/mol. The molecule has 0 unspecified atom stereocenters. The highest BCUT2D eigenvalue weighted by Crippen LogP contribution is 2.26. The number of anilines is 1. The van der Waals surface area contributed by atoms with Gasteiger partial charge in [-0.2, -0.15) is 4.31 Å². The van der Waals surface area contributed by atoms with Crippen LogP contribution in [0.1, 0.15) is 25.6 Å². The maximum Gasteiger partial charge on any atom is 0.337 e. The third-order valence-electron chi connectivity index (χ3n) is 4.59. The minimum atomic E-state index is -3.63. The standard InChI is InChI=1S/C20H22N2O8S2/c1-28-19(24)13-9-14(20(25)29-2)11-15(10-13)21-17(23)12-16-3-4-18(31-16)32(26,27)22-5-7-30-8-6-22/h3-4,9-11H,5-8,12H2,1-2H3,(H,21,23). The van der Waals surface area contributed by atoms with E-state index >= 15 is 0 Å². The zero-order valence-electron chi connectivity index (χ0n) is 17.5. The molecule has 0 radical (unpaired) electrons. The first kappa shape index (κ1) is 23.9. The third-order valence-corrected chi connectivity index (χ3v) is 8.05. The molecule has 172 valence electrons. The van der Waals surface area contributed by atoms with Crippen molar-refractivity contribution in [1.82, 2.24) is 4.31 Å². The Hall–Kier alpha value is -2.80. The molecule has 1 aliphatic rings. The lowest BCUT2D eigenvalue weighted by Gasteiger charge is -2.25. The lowest BCUT2D eigenvalue weighted by molar-refractivity contribution is -0.115. The highest BCUT2D eigenvalue weighted by Gasteiger charge is 2.28. The number of amides is 1. The van der Waals surface area contributed by atoms with Crippen LogP contribution < -0.4 is 5.32 Å². The first-order valence-corrected chi connectivity index (χ1v) is 11.8. The van der Waals surface area contributed by atoms with Gasteiger partial charge in [0, 0.05) is 23.7 Å². The van der Waals surface area contributed by atoms with E-state index in [0.717, 1.165) is 11.3 Å². The van der Waals surface area contributed by atoms with Crippen molar-refractivity contribution >= 4 is 44.9 Å². The van der Waals surface area contributed by atoms with E-state index in [1.54, 1.807) is 6.07 Å². The summed E-state index contributed by atoms with van der Waals surface area (Å²) in [4.78, 5) is 36.8. The third kappa shape index (κ3) is 5.51. The number of nitrogens with zero attached hydrogens (tertiary/aromatic N) is 1. The number of hydrogen-bond acceptors (Lipinski definition) is 9. The minimum absolute atomic E-state index is 0.0701. The van der Waals surface area contributed by atoms with Crippen LogP contribution in [-0.2, 0) is 35.4 Å². The smallest absolute Gasteiger partial charge is 0.337 e. The molecule has 1 aliphatic heterocycles. The summed E-state index contributed by atoms with van der Waals surface area (Å²) in [5, 5.41) is 2.62. The molecule has 1 aromatic carbocycles. The highest BCUT2D eigenvalue weighted by atomic mass is 32.2. The van der Waals surface area contributed by atoms with Crippen LogP contribution >= 0.6 is 11.3 Å². The van der Waals surface area contributed by atoms with E-state index < -0.39 is 27.9 Å². The van der Waals surface area contributed by atoms with E-state index in [-0.39, 0.29) is 40.5 Å². The molecule has 0 spiro atoms. The van der Waals surface area contributed by atoms with Gasteiger partial charge >= 0.3 is 11.9 Å². The fraction of sp³-hybridized carbons (Fsp3) is 0.350. The fourth-order valence-electron chi connectivity index (χ4n) is 3.04. The molecule has 1 aromatic heterocycles. The number of carbonyl (C=O) groups is 3. The van der Waals surface area contributed by atoms with E-state index in [1.165, 1.54) is 42.8 Å². The second-order valence-corrected chi connectivity index (χ2v) is 10.1. The number of morpholine rings is 1. The quantitative estimate of drug-likeness (QED) is 0.589. The van der Waals surface area contributed by atoms with Crippen LogP contribution in [0.5, 0.6) is 0 Å². The monoisotopic (exact) mass is 482 g/mol. The summed E-state index contributed by atoms with van der Waals surface area (Å²) in [5.74, 6) is -1.80. The second kappa shape index (κ2) is 10.2. The lowest BCUT2D eigenvalue weighted by Crippen LogP contribution is -2.40. The van der Waals surface area contributed by atoms with Crippen LogP contribution in [-0.4, -0.2) is 71.1 Å². The van der Waals surface area contributed by atoms with Gasteiger partial charge < -0.3 is 19.5 Å². The van der Waals surface area contributed by atoms with Crippen molar-refractivity contribution in [3.05, 3.63) is 46.3 Å². The first-order chi connectivity index (χ1) is 15.2. The number of nitrogens with one attached hydrogen (secondary N) is 1. The van der Waals surface area contributed by atoms with Gasteiger partial charge in [0.2, 0.25) is 5.91 Å². The van der Waals surface area contributed by atoms with E-state index in [4.69, 9.17) is 4.74 Å². The topological polar surface area (TPSA) is 128 Å². The van der Waals surface area contributed by atoms with Crippen LogP contribution in [0.4, 0.5) is 5.69 Å². The van der Waals surface area contributed by atoms with Gasteiger partial charge in [0.25, 0.3) is 10.0 Å². The molecule has 32 heavy (non-hydrogen) atoms. The Balaban J connectivity index is 1.73.